The first kappa shape index (κ1) is 23.3. The monoisotopic (exact) mass is 489 g/mol. The molecule has 170 valence electrons. The van der Waals surface area contributed by atoms with Crippen molar-refractivity contribution in [3.63, 3.8) is 0 Å². The molecule has 0 aliphatic heterocycles. The number of aryl methyl sites for hydroxylation is 1. The normalized spacial score (nSPS) is 11.8. The highest BCUT2D eigenvalue weighted by molar-refractivity contribution is 7.19. The van der Waals surface area contributed by atoms with E-state index in [2.05, 4.69) is 32.1 Å². The molecule has 34 heavy (non-hydrogen) atoms. The van der Waals surface area contributed by atoms with Gasteiger partial charge < -0.3 is 5.32 Å². The summed E-state index contributed by atoms with van der Waals surface area (Å²) >= 11 is 6.73. The number of H-pyrrole nitrogens is 1. The summed E-state index contributed by atoms with van der Waals surface area (Å²) in [5.41, 5.74) is 4.76. The highest BCUT2D eigenvalue weighted by atomic mass is 35.5. The van der Waals surface area contributed by atoms with Gasteiger partial charge in [0.15, 0.2) is 5.13 Å². The van der Waals surface area contributed by atoms with E-state index >= 15 is 0 Å². The summed E-state index contributed by atoms with van der Waals surface area (Å²) in [6, 6.07) is 11.8. The van der Waals surface area contributed by atoms with Crippen LogP contribution in [0.4, 0.5) is 5.13 Å². The lowest BCUT2D eigenvalue weighted by Crippen LogP contribution is -2.11. The highest BCUT2D eigenvalue weighted by Crippen LogP contribution is 2.34. The lowest BCUT2D eigenvalue weighted by molar-refractivity contribution is -0.115. The minimum Gasteiger partial charge on any atom is -0.302 e. The molecule has 0 unspecified atom stereocenters. The number of hydrogen-bond acceptors (Lipinski definition) is 6. The van der Waals surface area contributed by atoms with Crippen molar-refractivity contribution in [2.45, 2.75) is 13.3 Å². The standard InChI is InChI=1S/C25H20ClN5O2S/c1-3-16(12-22(26)32)13-23(33)29-25-28-15(2)24(34-25)17-7-9-19-20(30-31-21(19)14-17)10-8-18-6-4-5-11-27-18/h3-12,14H,1,13H2,2H3,(H,30,31)(H,28,29,33)/b10-8+,16-12+. The number of nitrogens with zero attached hydrogens (tertiary/aromatic N) is 3. The smallest absolute Gasteiger partial charge is 0.245 e. The molecule has 2 N–H and O–H groups in total. The van der Waals surface area contributed by atoms with Gasteiger partial charge in [0.2, 0.25) is 11.1 Å². The van der Waals surface area contributed by atoms with Crippen LogP contribution in [0.25, 0.3) is 33.5 Å². The summed E-state index contributed by atoms with van der Waals surface area (Å²) in [6.07, 6.45) is 8.17. The maximum absolute atomic E-state index is 12.4. The number of nitrogens with one attached hydrogen (secondary N) is 2. The molecule has 0 atom stereocenters. The Morgan fingerprint density at radius 2 is 2.09 bits per heavy atom. The number of fused-ring (bicyclic) bond motifs is 1. The molecule has 0 aliphatic carbocycles. The van der Waals surface area contributed by atoms with Gasteiger partial charge in [-0.25, -0.2) is 4.98 Å². The molecule has 4 aromatic rings. The van der Waals surface area contributed by atoms with Crippen LogP contribution in [0.5, 0.6) is 0 Å². The van der Waals surface area contributed by atoms with E-state index in [1.807, 2.05) is 55.5 Å². The number of amides is 1. The predicted molar refractivity (Wildman–Crippen MR) is 137 cm³/mol. The molecule has 4 rings (SSSR count). The zero-order valence-corrected chi connectivity index (χ0v) is 19.8. The lowest BCUT2D eigenvalue weighted by Gasteiger charge is -2.02. The van der Waals surface area contributed by atoms with Crippen molar-refractivity contribution < 1.29 is 9.59 Å². The maximum Gasteiger partial charge on any atom is 0.245 e. The third-order valence-corrected chi connectivity index (χ3v) is 6.15. The number of carbonyl (C=O) groups is 2. The fourth-order valence-corrected chi connectivity index (χ4v) is 4.46. The molecule has 0 saturated heterocycles. The first-order chi connectivity index (χ1) is 16.4. The quantitative estimate of drug-likeness (QED) is 0.186. The molecule has 0 fully saturated rings. The fourth-order valence-electron chi connectivity index (χ4n) is 3.34. The Morgan fingerprint density at radius 1 is 1.24 bits per heavy atom. The number of benzene rings is 1. The maximum atomic E-state index is 12.4. The topological polar surface area (TPSA) is 101 Å². The minimum absolute atomic E-state index is 0.0230. The Balaban J connectivity index is 1.52. The number of aromatic nitrogens is 4. The van der Waals surface area contributed by atoms with Crippen LogP contribution in [0, 0.1) is 6.92 Å². The Bertz CT molecular complexity index is 1440. The summed E-state index contributed by atoms with van der Waals surface area (Å²) in [4.78, 5) is 33.1. The third kappa shape index (κ3) is 5.54. The summed E-state index contributed by atoms with van der Waals surface area (Å²) in [5, 5.41) is 11.1. The van der Waals surface area contributed by atoms with E-state index in [4.69, 9.17) is 11.6 Å². The molecular weight excluding hydrogens is 470 g/mol. The average Bonchev–Trinajstić information content (AvgIpc) is 3.39. The summed E-state index contributed by atoms with van der Waals surface area (Å²) < 4.78 is 0. The number of pyridine rings is 1. The van der Waals surface area contributed by atoms with Gasteiger partial charge in [-0.2, -0.15) is 5.10 Å². The third-order valence-electron chi connectivity index (χ3n) is 4.92. The van der Waals surface area contributed by atoms with E-state index in [9.17, 15) is 9.59 Å². The van der Waals surface area contributed by atoms with Gasteiger partial charge in [-0.1, -0.05) is 36.1 Å². The molecule has 0 spiro atoms. The first-order valence-electron chi connectivity index (χ1n) is 10.3. The molecule has 9 heteroatoms. The zero-order valence-electron chi connectivity index (χ0n) is 18.2. The van der Waals surface area contributed by atoms with E-state index in [-0.39, 0.29) is 12.3 Å². The van der Waals surface area contributed by atoms with Crippen molar-refractivity contribution in [1.82, 2.24) is 20.2 Å². The van der Waals surface area contributed by atoms with Crippen LogP contribution in [0.1, 0.15) is 23.5 Å². The van der Waals surface area contributed by atoms with Crippen molar-refractivity contribution in [3.8, 4) is 10.4 Å². The van der Waals surface area contributed by atoms with Gasteiger partial charge >= 0.3 is 0 Å². The van der Waals surface area contributed by atoms with Crippen molar-refractivity contribution in [3.05, 3.63) is 84.0 Å². The van der Waals surface area contributed by atoms with E-state index in [0.29, 0.717) is 10.7 Å². The summed E-state index contributed by atoms with van der Waals surface area (Å²) in [5.74, 6) is -0.308. The molecule has 1 aromatic carbocycles. The molecule has 3 aromatic heterocycles. The Labute approximate surface area is 204 Å². The number of hydrogen-bond donors (Lipinski definition) is 2. The van der Waals surface area contributed by atoms with Crippen LogP contribution in [0.15, 0.2) is 66.9 Å². The molecule has 3 heterocycles. The molecule has 1 amide bonds. The van der Waals surface area contributed by atoms with E-state index < -0.39 is 5.24 Å². The second-order valence-electron chi connectivity index (χ2n) is 7.34. The lowest BCUT2D eigenvalue weighted by atomic mass is 10.1. The van der Waals surface area contributed by atoms with Crippen molar-refractivity contribution in [1.29, 1.82) is 0 Å². The zero-order chi connectivity index (χ0) is 24.1. The number of halogens is 1. The molecule has 7 nitrogen and oxygen atoms in total. The van der Waals surface area contributed by atoms with Crippen LogP contribution < -0.4 is 5.32 Å². The number of rotatable bonds is 8. The Morgan fingerprint density at radius 3 is 2.82 bits per heavy atom. The van der Waals surface area contributed by atoms with Gasteiger partial charge in [0.25, 0.3) is 0 Å². The Hall–Kier alpha value is -3.88. The molecular formula is C25H20ClN5O2S. The predicted octanol–water partition coefficient (Wildman–Crippen LogP) is 5.77. The number of carbonyl (C=O) groups excluding carboxylic acids is 2. The van der Waals surface area contributed by atoms with E-state index in [1.54, 1.807) is 6.20 Å². The number of anilines is 1. The van der Waals surface area contributed by atoms with Crippen LogP contribution in [-0.4, -0.2) is 31.3 Å². The van der Waals surface area contributed by atoms with Gasteiger partial charge in [-0.3, -0.25) is 19.7 Å². The van der Waals surface area contributed by atoms with Crippen LogP contribution in [0.3, 0.4) is 0 Å². The average molecular weight is 490 g/mol. The van der Waals surface area contributed by atoms with Gasteiger partial charge in [0.1, 0.15) is 0 Å². The van der Waals surface area contributed by atoms with Gasteiger partial charge in [-0.15, -0.1) is 0 Å². The summed E-state index contributed by atoms with van der Waals surface area (Å²) in [6.45, 7) is 5.49. The number of thiazole rings is 1. The van der Waals surface area contributed by atoms with Gasteiger partial charge in [-0.05, 0) is 66.1 Å². The second-order valence-corrected chi connectivity index (χ2v) is 8.71. The minimum atomic E-state index is -0.653. The van der Waals surface area contributed by atoms with E-state index in [0.717, 1.165) is 38.4 Å². The second kappa shape index (κ2) is 10.4. The number of aromatic amines is 1. The first-order valence-corrected chi connectivity index (χ1v) is 11.5. The van der Waals surface area contributed by atoms with E-state index in [1.165, 1.54) is 23.5 Å². The molecule has 0 bridgehead atoms. The molecule has 0 saturated carbocycles. The highest BCUT2D eigenvalue weighted by Gasteiger charge is 2.14. The van der Waals surface area contributed by atoms with Crippen LogP contribution in [-0.2, 0) is 9.59 Å². The SMILES string of the molecule is C=C/C(=C\C(=O)Cl)CC(=O)Nc1nc(C)c(-c2ccc3c(/C=C/c4ccccn4)n[nH]c3c2)s1. The van der Waals surface area contributed by atoms with Crippen LogP contribution >= 0.6 is 22.9 Å². The summed E-state index contributed by atoms with van der Waals surface area (Å²) in [7, 11) is 0. The molecule has 0 aliphatic rings. The van der Waals surface area contributed by atoms with Crippen molar-refractivity contribution >= 4 is 62.3 Å². The largest absolute Gasteiger partial charge is 0.302 e. The fraction of sp³-hybridized carbons (Fsp3) is 0.0800. The molecule has 0 radical (unpaired) electrons. The van der Waals surface area contributed by atoms with Crippen molar-refractivity contribution in [2.24, 2.45) is 0 Å². The van der Waals surface area contributed by atoms with Crippen LogP contribution in [0.2, 0.25) is 0 Å². The van der Waals surface area contributed by atoms with Gasteiger partial charge in [0, 0.05) is 17.7 Å². The Kier molecular flexibility index (Phi) is 7.10. The van der Waals surface area contributed by atoms with Gasteiger partial charge in [0.05, 0.1) is 33.9 Å². The number of allylic oxidation sites excluding steroid dienone is 2. The van der Waals surface area contributed by atoms with Crippen molar-refractivity contribution in [2.75, 3.05) is 5.32 Å².